The Morgan fingerprint density at radius 1 is 1.03 bits per heavy atom. The number of rotatable bonds is 9. The molecule has 1 atom stereocenters. The molecule has 3 fully saturated rings. The predicted octanol–water partition coefficient (Wildman–Crippen LogP) is 5.56. The van der Waals surface area contributed by atoms with Crippen molar-refractivity contribution in [2.24, 2.45) is 11.8 Å². The SMILES string of the molecule is Cc1c(CC(=O)CC2CCCC2)cc(Cl)cc1CN1CCN(C(=O)CCC2CC2)[C@@H](C)C1. The van der Waals surface area contributed by atoms with Crippen LogP contribution in [0.15, 0.2) is 12.1 Å². The van der Waals surface area contributed by atoms with E-state index in [0.29, 0.717) is 30.4 Å². The molecule has 1 aromatic carbocycles. The van der Waals surface area contributed by atoms with E-state index < -0.39 is 0 Å². The van der Waals surface area contributed by atoms with Gasteiger partial charge in [-0.15, -0.1) is 0 Å². The van der Waals surface area contributed by atoms with Crippen molar-refractivity contribution in [3.05, 3.63) is 33.8 Å². The van der Waals surface area contributed by atoms with Crippen LogP contribution in [0.5, 0.6) is 0 Å². The van der Waals surface area contributed by atoms with Gasteiger partial charge in [-0.25, -0.2) is 0 Å². The molecule has 1 amide bonds. The lowest BCUT2D eigenvalue weighted by molar-refractivity contribution is -0.136. The summed E-state index contributed by atoms with van der Waals surface area (Å²) in [5.41, 5.74) is 3.49. The summed E-state index contributed by atoms with van der Waals surface area (Å²) in [6.45, 7) is 7.70. The van der Waals surface area contributed by atoms with Crippen molar-refractivity contribution >= 4 is 23.3 Å². The summed E-state index contributed by atoms with van der Waals surface area (Å²) in [7, 11) is 0. The summed E-state index contributed by atoms with van der Waals surface area (Å²) in [5, 5.41) is 0.719. The number of benzene rings is 1. The van der Waals surface area contributed by atoms with Gasteiger partial charge in [0.25, 0.3) is 0 Å². The zero-order chi connectivity index (χ0) is 22.7. The minimum Gasteiger partial charge on any atom is -0.337 e. The van der Waals surface area contributed by atoms with Gasteiger partial charge >= 0.3 is 0 Å². The first-order chi connectivity index (χ1) is 15.4. The molecule has 2 saturated carbocycles. The average Bonchev–Trinajstić information content (AvgIpc) is 3.44. The van der Waals surface area contributed by atoms with Gasteiger partial charge in [-0.2, -0.15) is 0 Å². The molecule has 1 heterocycles. The number of piperazine rings is 1. The number of nitrogens with zero attached hydrogens (tertiary/aromatic N) is 2. The number of carbonyl (C=O) groups is 2. The molecule has 1 aliphatic heterocycles. The molecule has 0 N–H and O–H groups in total. The first kappa shape index (κ1) is 23.8. The number of hydrogen-bond donors (Lipinski definition) is 0. The van der Waals surface area contributed by atoms with Crippen molar-refractivity contribution in [2.75, 3.05) is 19.6 Å². The zero-order valence-corrected chi connectivity index (χ0v) is 20.6. The van der Waals surface area contributed by atoms with Crippen LogP contribution in [-0.2, 0) is 22.6 Å². The Morgan fingerprint density at radius 3 is 2.44 bits per heavy atom. The molecular formula is C27H39ClN2O2. The lowest BCUT2D eigenvalue weighted by atomic mass is 9.93. The summed E-state index contributed by atoms with van der Waals surface area (Å²) < 4.78 is 0. The van der Waals surface area contributed by atoms with E-state index in [1.165, 1.54) is 49.7 Å². The minimum atomic E-state index is 0.238. The maximum absolute atomic E-state index is 12.7. The third kappa shape index (κ3) is 6.35. The first-order valence-corrected chi connectivity index (χ1v) is 13.1. The lowest BCUT2D eigenvalue weighted by Crippen LogP contribution is -2.53. The fraction of sp³-hybridized carbons (Fsp3) is 0.704. The van der Waals surface area contributed by atoms with Crippen LogP contribution in [0.4, 0.5) is 0 Å². The Bertz CT molecular complexity index is 829. The van der Waals surface area contributed by atoms with Crippen LogP contribution < -0.4 is 0 Å². The van der Waals surface area contributed by atoms with Crippen molar-refractivity contribution < 1.29 is 9.59 Å². The van der Waals surface area contributed by atoms with Crippen LogP contribution in [-0.4, -0.2) is 47.2 Å². The molecule has 0 unspecified atom stereocenters. The second-order valence-electron chi connectivity index (χ2n) is 10.6. The smallest absolute Gasteiger partial charge is 0.222 e. The zero-order valence-electron chi connectivity index (χ0n) is 19.9. The highest BCUT2D eigenvalue weighted by Gasteiger charge is 2.29. The maximum atomic E-state index is 12.7. The van der Waals surface area contributed by atoms with E-state index in [-0.39, 0.29) is 6.04 Å². The van der Waals surface area contributed by atoms with Crippen molar-refractivity contribution in [3.63, 3.8) is 0 Å². The normalized spacial score (nSPS) is 22.5. The summed E-state index contributed by atoms with van der Waals surface area (Å²) in [4.78, 5) is 29.8. The number of Topliss-reactive ketones (excluding diaryl/α,β-unsaturated/α-hetero) is 1. The molecule has 4 rings (SSSR count). The van der Waals surface area contributed by atoms with Gasteiger partial charge in [0.15, 0.2) is 0 Å². The largest absolute Gasteiger partial charge is 0.337 e. The number of halogens is 1. The van der Waals surface area contributed by atoms with Crippen molar-refractivity contribution in [1.29, 1.82) is 0 Å². The van der Waals surface area contributed by atoms with Gasteiger partial charge in [-0.05, 0) is 60.9 Å². The topological polar surface area (TPSA) is 40.6 Å². The van der Waals surface area contributed by atoms with E-state index in [4.69, 9.17) is 11.6 Å². The minimum absolute atomic E-state index is 0.238. The van der Waals surface area contributed by atoms with Gasteiger partial charge < -0.3 is 4.90 Å². The van der Waals surface area contributed by atoms with E-state index >= 15 is 0 Å². The Balaban J connectivity index is 1.33. The summed E-state index contributed by atoms with van der Waals surface area (Å²) in [6.07, 6.45) is 10.6. The summed E-state index contributed by atoms with van der Waals surface area (Å²) in [5.74, 6) is 2.07. The molecular weight excluding hydrogens is 420 g/mol. The van der Waals surface area contributed by atoms with E-state index in [9.17, 15) is 9.59 Å². The highest BCUT2D eigenvalue weighted by Crippen LogP contribution is 2.34. The second-order valence-corrected chi connectivity index (χ2v) is 11.0. The quantitative estimate of drug-likeness (QED) is 0.486. The van der Waals surface area contributed by atoms with E-state index in [1.807, 2.05) is 6.07 Å². The molecule has 176 valence electrons. The summed E-state index contributed by atoms with van der Waals surface area (Å²) in [6, 6.07) is 4.27. The fourth-order valence-corrected chi connectivity index (χ4v) is 5.90. The molecule has 0 spiro atoms. The molecule has 5 heteroatoms. The van der Waals surface area contributed by atoms with Gasteiger partial charge in [0, 0.05) is 56.5 Å². The Labute approximate surface area is 198 Å². The van der Waals surface area contributed by atoms with Gasteiger partial charge in [0.05, 0.1) is 0 Å². The molecule has 0 radical (unpaired) electrons. The predicted molar refractivity (Wildman–Crippen MR) is 130 cm³/mol. The standard InChI is InChI=1S/C27H39ClN2O2/c1-19-17-29(11-12-30(19)27(32)10-9-21-7-8-21)18-24-15-25(28)14-23(20(24)2)16-26(31)13-22-5-3-4-6-22/h14-15,19,21-22H,3-13,16-18H2,1-2H3/t19-/m0/s1. The van der Waals surface area contributed by atoms with Crippen molar-refractivity contribution in [3.8, 4) is 0 Å². The van der Waals surface area contributed by atoms with Crippen LogP contribution in [0.25, 0.3) is 0 Å². The van der Waals surface area contributed by atoms with Crippen molar-refractivity contribution in [2.45, 2.75) is 90.6 Å². The molecule has 1 saturated heterocycles. The van der Waals surface area contributed by atoms with E-state index in [2.05, 4.69) is 29.7 Å². The highest BCUT2D eigenvalue weighted by atomic mass is 35.5. The molecule has 0 bridgehead atoms. The average molecular weight is 459 g/mol. The van der Waals surface area contributed by atoms with Crippen molar-refractivity contribution in [1.82, 2.24) is 9.80 Å². The van der Waals surface area contributed by atoms with Crippen LogP contribution in [0.2, 0.25) is 5.02 Å². The molecule has 32 heavy (non-hydrogen) atoms. The fourth-order valence-electron chi connectivity index (χ4n) is 5.63. The second kappa shape index (κ2) is 10.7. The molecule has 3 aliphatic rings. The third-order valence-electron chi connectivity index (χ3n) is 7.86. The monoisotopic (exact) mass is 458 g/mol. The van der Waals surface area contributed by atoms with Gasteiger partial charge in [-0.1, -0.05) is 50.1 Å². The number of carbonyl (C=O) groups excluding carboxylic acids is 2. The molecule has 1 aromatic rings. The van der Waals surface area contributed by atoms with E-state index in [0.717, 1.165) is 55.5 Å². The maximum Gasteiger partial charge on any atom is 0.222 e. The lowest BCUT2D eigenvalue weighted by Gasteiger charge is -2.40. The first-order valence-electron chi connectivity index (χ1n) is 12.7. The van der Waals surface area contributed by atoms with Crippen LogP contribution in [0.1, 0.15) is 81.4 Å². The molecule has 4 nitrogen and oxygen atoms in total. The van der Waals surface area contributed by atoms with Crippen LogP contribution in [0.3, 0.4) is 0 Å². The molecule has 0 aromatic heterocycles. The number of amides is 1. The van der Waals surface area contributed by atoms with Crippen LogP contribution >= 0.6 is 11.6 Å². The van der Waals surface area contributed by atoms with Gasteiger partial charge in [0.1, 0.15) is 5.78 Å². The summed E-state index contributed by atoms with van der Waals surface area (Å²) >= 11 is 6.47. The Morgan fingerprint density at radius 2 is 1.75 bits per heavy atom. The Hall–Kier alpha value is -1.39. The Kier molecular flexibility index (Phi) is 7.94. The van der Waals surface area contributed by atoms with E-state index in [1.54, 1.807) is 0 Å². The third-order valence-corrected chi connectivity index (χ3v) is 8.07. The van der Waals surface area contributed by atoms with Crippen LogP contribution in [0, 0.1) is 18.8 Å². The number of hydrogen-bond acceptors (Lipinski definition) is 3. The highest BCUT2D eigenvalue weighted by molar-refractivity contribution is 6.30. The van der Waals surface area contributed by atoms with Gasteiger partial charge in [-0.3, -0.25) is 14.5 Å². The van der Waals surface area contributed by atoms with Gasteiger partial charge in [0.2, 0.25) is 5.91 Å². The molecule has 2 aliphatic carbocycles. The number of ketones is 1.